The molecule has 4 aromatic heterocycles. The summed E-state index contributed by atoms with van der Waals surface area (Å²) in [6, 6.07) is 16.9. The molecule has 41 heavy (non-hydrogen) atoms. The summed E-state index contributed by atoms with van der Waals surface area (Å²) in [5.74, 6) is 0.659. The lowest BCUT2D eigenvalue weighted by atomic mass is 9.93. The molecule has 0 amide bonds. The molecule has 10 nitrogen and oxygen atoms in total. The van der Waals surface area contributed by atoms with Crippen LogP contribution in [-0.4, -0.2) is 48.8 Å². The third-order valence-corrected chi connectivity index (χ3v) is 7.56. The number of fused-ring (bicyclic) bond motifs is 2. The van der Waals surface area contributed by atoms with E-state index in [1.54, 1.807) is 23.0 Å². The van der Waals surface area contributed by atoms with Gasteiger partial charge >= 0.3 is 5.63 Å². The lowest BCUT2D eigenvalue weighted by Crippen LogP contribution is -2.17. The van der Waals surface area contributed by atoms with Crippen molar-refractivity contribution in [3.05, 3.63) is 95.1 Å². The van der Waals surface area contributed by atoms with E-state index in [1.807, 2.05) is 51.4 Å². The first kappa shape index (κ1) is 26.1. The number of nitrogens with two attached hydrogens (primary N) is 1. The largest absolute Gasteiger partial charge is 0.506 e. The summed E-state index contributed by atoms with van der Waals surface area (Å²) < 4.78 is 7.78. The van der Waals surface area contributed by atoms with Gasteiger partial charge in [-0.2, -0.15) is 5.10 Å². The highest BCUT2D eigenvalue weighted by molar-refractivity contribution is 5.99. The second kappa shape index (κ2) is 10.1. The van der Waals surface area contributed by atoms with Crippen LogP contribution in [0.3, 0.4) is 0 Å². The van der Waals surface area contributed by atoms with E-state index < -0.39 is 11.7 Å². The zero-order chi connectivity index (χ0) is 28.8. The van der Waals surface area contributed by atoms with E-state index in [0.29, 0.717) is 33.4 Å². The van der Waals surface area contributed by atoms with Crippen LogP contribution in [0.2, 0.25) is 0 Å². The highest BCUT2D eigenvalue weighted by atomic mass is 16.4. The summed E-state index contributed by atoms with van der Waals surface area (Å²) >= 11 is 0. The number of anilines is 1. The SMILES string of the molecule is CC(c1cccc(-c2c(C(C)n3nc(-c4cncc(O)c4)c4c(N)ncnc43)oc(=O)c3ccccc23)c1)N(C)C. The number of nitrogen functional groups attached to an aromatic ring is 1. The van der Waals surface area contributed by atoms with Gasteiger partial charge in [0.1, 0.15) is 35.4 Å². The summed E-state index contributed by atoms with van der Waals surface area (Å²) in [6.45, 7) is 4.04. The normalized spacial score (nSPS) is 13.2. The Bertz CT molecular complexity index is 1980. The molecule has 3 N–H and O–H groups in total. The fraction of sp³-hybridized carbons (Fsp3) is 0.194. The van der Waals surface area contributed by atoms with Crippen molar-refractivity contribution < 1.29 is 9.52 Å². The lowest BCUT2D eigenvalue weighted by Gasteiger charge is -2.22. The topological polar surface area (TPSA) is 136 Å². The van der Waals surface area contributed by atoms with Crippen LogP contribution < -0.4 is 11.4 Å². The molecule has 0 aliphatic rings. The summed E-state index contributed by atoms with van der Waals surface area (Å²) in [6.07, 6.45) is 4.30. The van der Waals surface area contributed by atoms with E-state index in [2.05, 4.69) is 38.9 Å². The van der Waals surface area contributed by atoms with Crippen LogP contribution in [-0.2, 0) is 0 Å². The van der Waals surface area contributed by atoms with Crippen LogP contribution in [0.15, 0.2) is 82.5 Å². The molecule has 4 heterocycles. The van der Waals surface area contributed by atoms with Crippen LogP contribution in [0.1, 0.15) is 37.3 Å². The smallest absolute Gasteiger partial charge is 0.343 e. The number of rotatable bonds is 6. The Morgan fingerprint density at radius 1 is 0.976 bits per heavy atom. The van der Waals surface area contributed by atoms with Crippen LogP contribution in [0.4, 0.5) is 5.82 Å². The Morgan fingerprint density at radius 2 is 1.76 bits per heavy atom. The van der Waals surface area contributed by atoms with Crippen molar-refractivity contribution in [2.45, 2.75) is 25.9 Å². The predicted octanol–water partition coefficient (Wildman–Crippen LogP) is 5.18. The standard InChI is InChI=1S/C31H29N7O3/c1-17(37(3)4)19-8-7-9-20(12-19)25-23-10-5-6-11-24(23)31(40)41-28(25)18(2)38-30-26(29(32)34-16-35-30)27(36-38)21-13-22(39)15-33-14-21/h5-18,39H,1-4H3,(H2,32,34,35). The zero-order valence-corrected chi connectivity index (χ0v) is 23.1. The molecular formula is C31H29N7O3. The summed E-state index contributed by atoms with van der Waals surface area (Å²) in [4.78, 5) is 28.2. The van der Waals surface area contributed by atoms with E-state index in [9.17, 15) is 9.90 Å². The van der Waals surface area contributed by atoms with Crippen LogP contribution >= 0.6 is 0 Å². The quantitative estimate of drug-likeness (QED) is 0.289. The van der Waals surface area contributed by atoms with Gasteiger partial charge in [0.15, 0.2) is 5.65 Å². The number of aromatic hydroxyl groups is 1. The molecule has 0 bridgehead atoms. The van der Waals surface area contributed by atoms with Crippen molar-refractivity contribution in [3.8, 4) is 28.1 Å². The Hall–Kier alpha value is -5.09. The molecule has 2 aromatic carbocycles. The van der Waals surface area contributed by atoms with Crippen molar-refractivity contribution in [2.75, 3.05) is 19.8 Å². The fourth-order valence-electron chi connectivity index (χ4n) is 5.20. The van der Waals surface area contributed by atoms with Crippen molar-refractivity contribution in [1.82, 2.24) is 29.6 Å². The predicted molar refractivity (Wildman–Crippen MR) is 158 cm³/mol. The third-order valence-electron chi connectivity index (χ3n) is 7.56. The lowest BCUT2D eigenvalue weighted by molar-refractivity contribution is 0.321. The molecule has 0 aliphatic heterocycles. The number of hydrogen-bond donors (Lipinski definition) is 2. The third kappa shape index (κ3) is 4.48. The molecule has 206 valence electrons. The summed E-state index contributed by atoms with van der Waals surface area (Å²) in [5.41, 5.74) is 10.2. The molecule has 2 unspecified atom stereocenters. The van der Waals surface area contributed by atoms with Gasteiger partial charge in [-0.15, -0.1) is 0 Å². The van der Waals surface area contributed by atoms with Crippen LogP contribution in [0, 0.1) is 0 Å². The molecule has 6 rings (SSSR count). The molecule has 0 spiro atoms. The molecule has 0 radical (unpaired) electrons. The van der Waals surface area contributed by atoms with Crippen LogP contribution in [0.5, 0.6) is 5.75 Å². The molecule has 0 saturated heterocycles. The van der Waals surface area contributed by atoms with Gasteiger partial charge in [0.2, 0.25) is 0 Å². The highest BCUT2D eigenvalue weighted by Crippen LogP contribution is 2.39. The fourth-order valence-corrected chi connectivity index (χ4v) is 5.20. The van der Waals surface area contributed by atoms with Gasteiger partial charge in [0.05, 0.1) is 17.0 Å². The van der Waals surface area contributed by atoms with Crippen molar-refractivity contribution >= 4 is 27.6 Å². The molecule has 0 fully saturated rings. The molecule has 0 saturated carbocycles. The molecule has 0 aliphatic carbocycles. The molecule has 6 aromatic rings. The first-order valence-electron chi connectivity index (χ1n) is 13.2. The van der Waals surface area contributed by atoms with Gasteiger partial charge in [-0.3, -0.25) is 4.98 Å². The minimum Gasteiger partial charge on any atom is -0.506 e. The van der Waals surface area contributed by atoms with Crippen LogP contribution in [0.25, 0.3) is 44.2 Å². The van der Waals surface area contributed by atoms with E-state index in [1.165, 1.54) is 12.5 Å². The van der Waals surface area contributed by atoms with Gasteiger partial charge in [0, 0.05) is 28.8 Å². The number of pyridine rings is 1. The minimum absolute atomic E-state index is 0.0108. The number of benzene rings is 2. The van der Waals surface area contributed by atoms with E-state index in [-0.39, 0.29) is 17.6 Å². The Kier molecular flexibility index (Phi) is 6.47. The van der Waals surface area contributed by atoms with Crippen molar-refractivity contribution in [1.29, 1.82) is 0 Å². The van der Waals surface area contributed by atoms with E-state index >= 15 is 0 Å². The van der Waals surface area contributed by atoms with Crippen molar-refractivity contribution in [2.24, 2.45) is 0 Å². The molecule has 10 heteroatoms. The maximum atomic E-state index is 13.3. The highest BCUT2D eigenvalue weighted by Gasteiger charge is 2.27. The number of hydrogen-bond acceptors (Lipinski definition) is 9. The van der Waals surface area contributed by atoms with E-state index in [4.69, 9.17) is 15.2 Å². The summed E-state index contributed by atoms with van der Waals surface area (Å²) in [7, 11) is 4.08. The maximum absolute atomic E-state index is 13.3. The first-order valence-corrected chi connectivity index (χ1v) is 13.2. The Labute approximate surface area is 235 Å². The van der Waals surface area contributed by atoms with Crippen molar-refractivity contribution in [3.63, 3.8) is 0 Å². The van der Waals surface area contributed by atoms with Gasteiger partial charge in [-0.1, -0.05) is 36.4 Å². The summed E-state index contributed by atoms with van der Waals surface area (Å²) in [5, 5.41) is 16.7. The van der Waals surface area contributed by atoms with Gasteiger partial charge in [0.25, 0.3) is 0 Å². The average molecular weight is 548 g/mol. The molecule has 2 atom stereocenters. The van der Waals surface area contributed by atoms with Gasteiger partial charge < -0.3 is 20.2 Å². The average Bonchev–Trinajstić information content (AvgIpc) is 3.37. The Balaban J connectivity index is 1.62. The minimum atomic E-state index is -0.576. The second-order valence-corrected chi connectivity index (χ2v) is 10.3. The second-order valence-electron chi connectivity index (χ2n) is 10.3. The maximum Gasteiger partial charge on any atom is 0.343 e. The van der Waals surface area contributed by atoms with E-state index in [0.717, 1.165) is 22.1 Å². The Morgan fingerprint density at radius 3 is 2.51 bits per heavy atom. The van der Waals surface area contributed by atoms with Gasteiger partial charge in [-0.05, 0) is 57.3 Å². The number of nitrogens with zero attached hydrogens (tertiary/aromatic N) is 6. The molecular weight excluding hydrogens is 518 g/mol. The zero-order valence-electron chi connectivity index (χ0n) is 23.1. The van der Waals surface area contributed by atoms with Gasteiger partial charge in [-0.25, -0.2) is 19.4 Å². The number of aromatic nitrogens is 5. The monoisotopic (exact) mass is 547 g/mol. The first-order chi connectivity index (χ1) is 19.7.